The fourth-order valence-electron chi connectivity index (χ4n) is 3.91. The molecule has 0 amide bonds. The van der Waals surface area contributed by atoms with Gasteiger partial charge in [0.15, 0.2) is 0 Å². The first-order valence-corrected chi connectivity index (χ1v) is 13.5. The fraction of sp³-hybridized carbons (Fsp3) is 0.821. The van der Waals surface area contributed by atoms with E-state index in [1.165, 1.54) is 44.9 Å². The maximum absolute atomic E-state index is 10.5. The van der Waals surface area contributed by atoms with Gasteiger partial charge in [-0.15, -0.1) is 0 Å². The number of hydrogen-bond donors (Lipinski definition) is 4. The summed E-state index contributed by atoms with van der Waals surface area (Å²) in [6.45, 7) is 2.23. The lowest BCUT2D eigenvalue weighted by molar-refractivity contribution is -0.137. The SMILES string of the molecule is CCCCCC=CCCCCC=CCCC(O)CCCC(O)CC(O)CCCCCC(=O)O. The van der Waals surface area contributed by atoms with Gasteiger partial charge < -0.3 is 20.4 Å². The molecule has 0 aliphatic carbocycles. The van der Waals surface area contributed by atoms with E-state index in [0.717, 1.165) is 38.5 Å². The van der Waals surface area contributed by atoms with Crippen LogP contribution >= 0.6 is 0 Å². The molecule has 0 saturated carbocycles. The summed E-state index contributed by atoms with van der Waals surface area (Å²) < 4.78 is 0. The number of hydrogen-bond acceptors (Lipinski definition) is 4. The summed E-state index contributed by atoms with van der Waals surface area (Å²) >= 11 is 0. The Kier molecular flexibility index (Phi) is 23.1. The highest BCUT2D eigenvalue weighted by Crippen LogP contribution is 2.15. The largest absolute Gasteiger partial charge is 0.481 e. The van der Waals surface area contributed by atoms with Crippen LogP contribution in [0.25, 0.3) is 0 Å². The molecule has 3 atom stereocenters. The molecule has 5 nitrogen and oxygen atoms in total. The lowest BCUT2D eigenvalue weighted by Gasteiger charge is -2.16. The van der Waals surface area contributed by atoms with Crippen molar-refractivity contribution in [2.75, 3.05) is 0 Å². The Morgan fingerprint density at radius 1 is 0.606 bits per heavy atom. The zero-order valence-electron chi connectivity index (χ0n) is 21.2. The van der Waals surface area contributed by atoms with E-state index in [4.69, 9.17) is 5.11 Å². The van der Waals surface area contributed by atoms with Crippen LogP contribution in [-0.4, -0.2) is 44.7 Å². The summed E-state index contributed by atoms with van der Waals surface area (Å²) in [4.78, 5) is 10.5. The van der Waals surface area contributed by atoms with Crippen molar-refractivity contribution in [3.05, 3.63) is 24.3 Å². The predicted molar refractivity (Wildman–Crippen MR) is 137 cm³/mol. The molecule has 33 heavy (non-hydrogen) atoms. The van der Waals surface area contributed by atoms with E-state index >= 15 is 0 Å². The molecule has 5 heteroatoms. The fourth-order valence-corrected chi connectivity index (χ4v) is 3.91. The second-order valence-electron chi connectivity index (χ2n) is 9.42. The van der Waals surface area contributed by atoms with Crippen LogP contribution in [0.15, 0.2) is 24.3 Å². The van der Waals surface area contributed by atoms with Crippen LogP contribution in [0.1, 0.15) is 129 Å². The van der Waals surface area contributed by atoms with Crippen molar-refractivity contribution in [3.8, 4) is 0 Å². The van der Waals surface area contributed by atoms with Crippen molar-refractivity contribution in [1.29, 1.82) is 0 Å². The molecule has 0 rings (SSSR count). The summed E-state index contributed by atoms with van der Waals surface area (Å²) in [5.74, 6) is -0.781. The third-order valence-corrected chi connectivity index (χ3v) is 6.01. The molecule has 0 bridgehead atoms. The predicted octanol–water partition coefficient (Wildman–Crippen LogP) is 6.70. The standard InChI is InChI=1S/C28H52O5/c1-2-3-4-5-6-7-8-9-10-11-12-13-15-19-25(29)21-18-22-27(31)24-26(30)20-16-14-17-23-28(32)33/h6-7,12-13,25-27,29-31H,2-5,8-11,14-24H2,1H3,(H,32,33). The molecule has 3 unspecified atom stereocenters. The summed E-state index contributed by atoms with van der Waals surface area (Å²) in [6.07, 6.45) is 24.5. The third-order valence-electron chi connectivity index (χ3n) is 6.01. The summed E-state index contributed by atoms with van der Waals surface area (Å²) in [5.41, 5.74) is 0. The maximum Gasteiger partial charge on any atom is 0.303 e. The molecular formula is C28H52O5. The Morgan fingerprint density at radius 2 is 1.12 bits per heavy atom. The Labute approximate surface area is 203 Å². The van der Waals surface area contributed by atoms with E-state index in [1.807, 2.05) is 0 Å². The van der Waals surface area contributed by atoms with Gasteiger partial charge in [-0.05, 0) is 89.9 Å². The van der Waals surface area contributed by atoms with Gasteiger partial charge in [-0.3, -0.25) is 4.79 Å². The number of unbranched alkanes of at least 4 members (excludes halogenated alkanes) is 8. The van der Waals surface area contributed by atoms with E-state index in [0.29, 0.717) is 32.1 Å². The Hall–Kier alpha value is -1.17. The van der Waals surface area contributed by atoms with Crippen LogP contribution in [-0.2, 0) is 4.79 Å². The van der Waals surface area contributed by atoms with Crippen LogP contribution < -0.4 is 0 Å². The van der Waals surface area contributed by atoms with Crippen molar-refractivity contribution in [2.45, 2.75) is 147 Å². The monoisotopic (exact) mass is 468 g/mol. The van der Waals surface area contributed by atoms with Crippen molar-refractivity contribution < 1.29 is 25.2 Å². The Bertz CT molecular complexity index is 489. The maximum atomic E-state index is 10.5. The number of aliphatic carboxylic acids is 1. The van der Waals surface area contributed by atoms with Gasteiger partial charge in [-0.25, -0.2) is 0 Å². The minimum Gasteiger partial charge on any atom is -0.481 e. The third kappa shape index (κ3) is 25.3. The average Bonchev–Trinajstić information content (AvgIpc) is 2.76. The van der Waals surface area contributed by atoms with E-state index in [-0.39, 0.29) is 12.5 Å². The molecule has 0 aliphatic heterocycles. The number of rotatable bonds is 24. The lowest BCUT2D eigenvalue weighted by atomic mass is 9.99. The number of carboxylic acid groups (broad SMARTS) is 1. The highest BCUT2D eigenvalue weighted by molar-refractivity contribution is 5.66. The molecule has 0 aromatic rings. The van der Waals surface area contributed by atoms with E-state index < -0.39 is 18.2 Å². The zero-order valence-corrected chi connectivity index (χ0v) is 21.2. The van der Waals surface area contributed by atoms with Crippen LogP contribution in [0.5, 0.6) is 0 Å². The van der Waals surface area contributed by atoms with E-state index in [2.05, 4.69) is 31.2 Å². The van der Waals surface area contributed by atoms with Crippen LogP contribution in [0.3, 0.4) is 0 Å². The minimum atomic E-state index is -0.781. The summed E-state index contributed by atoms with van der Waals surface area (Å²) in [6, 6.07) is 0. The van der Waals surface area contributed by atoms with E-state index in [9.17, 15) is 20.1 Å². The second-order valence-corrected chi connectivity index (χ2v) is 9.42. The lowest BCUT2D eigenvalue weighted by Crippen LogP contribution is -2.18. The first kappa shape index (κ1) is 31.8. The smallest absolute Gasteiger partial charge is 0.303 e. The van der Waals surface area contributed by atoms with Crippen LogP contribution in [0.2, 0.25) is 0 Å². The zero-order chi connectivity index (χ0) is 24.6. The van der Waals surface area contributed by atoms with Crippen LogP contribution in [0, 0.1) is 0 Å². The first-order valence-electron chi connectivity index (χ1n) is 13.5. The highest BCUT2D eigenvalue weighted by atomic mass is 16.4. The highest BCUT2D eigenvalue weighted by Gasteiger charge is 2.13. The van der Waals surface area contributed by atoms with Crippen molar-refractivity contribution in [2.24, 2.45) is 0 Å². The van der Waals surface area contributed by atoms with Gasteiger partial charge in [0.05, 0.1) is 18.3 Å². The molecule has 0 heterocycles. The molecule has 0 saturated heterocycles. The number of allylic oxidation sites excluding steroid dienone is 4. The molecule has 0 spiro atoms. The summed E-state index contributed by atoms with van der Waals surface area (Å²) in [7, 11) is 0. The Balaban J connectivity index is 3.54. The van der Waals surface area contributed by atoms with Gasteiger partial charge in [-0.1, -0.05) is 56.9 Å². The van der Waals surface area contributed by atoms with Gasteiger partial charge in [0, 0.05) is 6.42 Å². The quantitative estimate of drug-likeness (QED) is 0.0933. The van der Waals surface area contributed by atoms with Gasteiger partial charge in [-0.2, -0.15) is 0 Å². The van der Waals surface area contributed by atoms with Gasteiger partial charge in [0.25, 0.3) is 0 Å². The summed E-state index contributed by atoms with van der Waals surface area (Å²) in [5, 5.41) is 38.8. The van der Waals surface area contributed by atoms with Crippen molar-refractivity contribution in [3.63, 3.8) is 0 Å². The number of carboxylic acids is 1. The number of carbonyl (C=O) groups is 1. The molecule has 0 aromatic heterocycles. The minimum absolute atomic E-state index is 0.175. The van der Waals surface area contributed by atoms with E-state index in [1.54, 1.807) is 0 Å². The molecule has 194 valence electrons. The molecule has 0 fully saturated rings. The number of aliphatic hydroxyl groups is 3. The topological polar surface area (TPSA) is 98.0 Å². The molecule has 4 N–H and O–H groups in total. The van der Waals surface area contributed by atoms with Gasteiger partial charge in [0.2, 0.25) is 0 Å². The van der Waals surface area contributed by atoms with Crippen molar-refractivity contribution in [1.82, 2.24) is 0 Å². The molecule has 0 aliphatic rings. The normalized spacial score (nSPS) is 14.8. The average molecular weight is 469 g/mol. The molecule has 0 radical (unpaired) electrons. The molecule has 0 aromatic carbocycles. The Morgan fingerprint density at radius 3 is 1.70 bits per heavy atom. The first-order chi connectivity index (χ1) is 16.0. The van der Waals surface area contributed by atoms with Gasteiger partial charge in [0.1, 0.15) is 0 Å². The molecular weight excluding hydrogens is 416 g/mol. The van der Waals surface area contributed by atoms with Gasteiger partial charge >= 0.3 is 5.97 Å². The second kappa shape index (κ2) is 24.0. The van der Waals surface area contributed by atoms with Crippen molar-refractivity contribution >= 4 is 5.97 Å². The van der Waals surface area contributed by atoms with Crippen LogP contribution in [0.4, 0.5) is 0 Å². The number of aliphatic hydroxyl groups excluding tert-OH is 3.